The van der Waals surface area contributed by atoms with Gasteiger partial charge in [-0.3, -0.25) is 4.98 Å². The van der Waals surface area contributed by atoms with Crippen molar-refractivity contribution in [2.45, 2.75) is 24.2 Å². The number of aliphatic hydroxyl groups excluding tert-OH is 3. The van der Waals surface area contributed by atoms with Gasteiger partial charge in [0, 0.05) is 0 Å². The number of nitrogens with zero attached hydrogens (tertiary/aromatic N) is 2. The van der Waals surface area contributed by atoms with E-state index < -0.39 is 42.2 Å². The van der Waals surface area contributed by atoms with Gasteiger partial charge in [0.25, 0.3) is 5.91 Å². The van der Waals surface area contributed by atoms with E-state index >= 15 is 0 Å². The van der Waals surface area contributed by atoms with Gasteiger partial charge in [0.05, 0.1) is 6.61 Å². The summed E-state index contributed by atoms with van der Waals surface area (Å²) in [7, 11) is 0. The summed E-state index contributed by atoms with van der Waals surface area (Å²) >= 11 is 0. The van der Waals surface area contributed by atoms with Crippen LogP contribution in [0.25, 0.3) is 0 Å². The molecule has 1 aliphatic rings. The fourth-order valence-corrected chi connectivity index (χ4v) is 1.71. The molecule has 0 amide bonds. The fraction of sp³-hybridized carbons (Fsp3) is 0.625. The number of H-pyrrole nitrogens is 1. The van der Waals surface area contributed by atoms with Crippen LogP contribution in [0.15, 0.2) is 15.9 Å². The molecule has 0 aromatic carbocycles. The smallest absolute Gasteiger partial charge is 0.350 e. The summed E-state index contributed by atoms with van der Waals surface area (Å²) in [6.07, 6.45) is -4.10. The Hall–Kier alpha value is -1.59. The lowest BCUT2D eigenvalue weighted by atomic mass is 10.1. The number of ether oxygens (including phenoxy) is 1. The van der Waals surface area contributed by atoms with Crippen LogP contribution in [0, 0.1) is 0 Å². The number of rotatable bonds is 2. The largest absolute Gasteiger partial charge is 0.394 e. The molecule has 1 fully saturated rings. The molecule has 10 heteroatoms. The molecule has 0 unspecified atom stereocenters. The Morgan fingerprint density at radius 3 is 2.67 bits per heavy atom. The van der Waals surface area contributed by atoms with Gasteiger partial charge in [0.2, 0.25) is 0 Å². The second kappa shape index (κ2) is 4.26. The van der Waals surface area contributed by atoms with Crippen molar-refractivity contribution in [3.05, 3.63) is 27.3 Å². The molecule has 18 heavy (non-hydrogen) atoms. The third-order valence-electron chi connectivity index (χ3n) is 2.66. The SMILES string of the molecule is O=c1ncn([C@]2(O)O[C@H](CO)[C@@H](O)[C@H]2O)c(=O)[nH]1. The predicted octanol–water partition coefficient (Wildman–Crippen LogP) is -4.35. The highest BCUT2D eigenvalue weighted by Gasteiger charge is 2.55. The molecule has 0 saturated carbocycles. The monoisotopic (exact) mass is 261 g/mol. The lowest BCUT2D eigenvalue weighted by molar-refractivity contribution is -0.291. The van der Waals surface area contributed by atoms with E-state index in [1.54, 1.807) is 4.98 Å². The molecule has 0 spiro atoms. The molecule has 0 bridgehead atoms. The average Bonchev–Trinajstić information content (AvgIpc) is 2.54. The predicted molar refractivity (Wildman–Crippen MR) is 53.3 cm³/mol. The molecule has 1 aromatic heterocycles. The highest BCUT2D eigenvalue weighted by atomic mass is 16.7. The van der Waals surface area contributed by atoms with Crippen molar-refractivity contribution in [1.82, 2.24) is 14.5 Å². The highest BCUT2D eigenvalue weighted by molar-refractivity contribution is 4.94. The van der Waals surface area contributed by atoms with Gasteiger partial charge in [-0.25, -0.2) is 14.2 Å². The van der Waals surface area contributed by atoms with Gasteiger partial charge in [-0.1, -0.05) is 0 Å². The van der Waals surface area contributed by atoms with Gasteiger partial charge in [-0.2, -0.15) is 4.98 Å². The van der Waals surface area contributed by atoms with Crippen molar-refractivity contribution in [3.8, 4) is 0 Å². The molecule has 0 radical (unpaired) electrons. The van der Waals surface area contributed by atoms with E-state index in [9.17, 15) is 24.9 Å². The Morgan fingerprint density at radius 2 is 2.17 bits per heavy atom. The van der Waals surface area contributed by atoms with E-state index in [0.717, 1.165) is 0 Å². The van der Waals surface area contributed by atoms with Crippen LogP contribution in [0.4, 0.5) is 0 Å². The summed E-state index contributed by atoms with van der Waals surface area (Å²) in [5.74, 6) is -2.61. The van der Waals surface area contributed by atoms with Crippen LogP contribution < -0.4 is 11.4 Å². The topological polar surface area (TPSA) is 158 Å². The van der Waals surface area contributed by atoms with E-state index in [1.807, 2.05) is 0 Å². The summed E-state index contributed by atoms with van der Waals surface area (Å²) in [6, 6.07) is 0. The zero-order chi connectivity index (χ0) is 13.5. The number of hydrogen-bond donors (Lipinski definition) is 5. The van der Waals surface area contributed by atoms with Crippen LogP contribution in [0.2, 0.25) is 0 Å². The molecule has 4 atom stereocenters. The summed E-state index contributed by atoms with van der Waals surface area (Å²) in [4.78, 5) is 27.2. The molecule has 2 heterocycles. The van der Waals surface area contributed by atoms with Crippen molar-refractivity contribution >= 4 is 0 Å². The van der Waals surface area contributed by atoms with Gasteiger partial charge in [-0.15, -0.1) is 0 Å². The molecule has 10 nitrogen and oxygen atoms in total. The number of aromatic nitrogens is 3. The van der Waals surface area contributed by atoms with Crippen molar-refractivity contribution in [2.75, 3.05) is 6.61 Å². The summed E-state index contributed by atoms with van der Waals surface area (Å²) in [6.45, 7) is -0.675. The quantitative estimate of drug-likeness (QED) is 0.357. The van der Waals surface area contributed by atoms with Crippen LogP contribution in [-0.2, 0) is 10.6 Å². The molecular formula is C8H11N3O7. The van der Waals surface area contributed by atoms with Crippen molar-refractivity contribution < 1.29 is 25.2 Å². The second-order valence-electron chi connectivity index (χ2n) is 3.78. The summed E-state index contributed by atoms with van der Waals surface area (Å²) in [5, 5.41) is 38.1. The third kappa shape index (κ3) is 1.76. The Balaban J connectivity index is 2.49. The van der Waals surface area contributed by atoms with Gasteiger partial charge in [0.15, 0.2) is 6.10 Å². The minimum absolute atomic E-state index is 0.415. The van der Waals surface area contributed by atoms with Gasteiger partial charge >= 0.3 is 11.4 Å². The maximum atomic E-state index is 11.5. The Labute approximate surface area is 98.7 Å². The van der Waals surface area contributed by atoms with Crippen molar-refractivity contribution in [1.29, 1.82) is 0 Å². The van der Waals surface area contributed by atoms with E-state index in [4.69, 9.17) is 9.84 Å². The first-order valence-electron chi connectivity index (χ1n) is 4.96. The first kappa shape index (κ1) is 12.9. The van der Waals surface area contributed by atoms with Gasteiger partial charge < -0.3 is 25.2 Å². The highest BCUT2D eigenvalue weighted by Crippen LogP contribution is 2.31. The van der Waals surface area contributed by atoms with Gasteiger partial charge in [0.1, 0.15) is 18.5 Å². The maximum Gasteiger partial charge on any atom is 0.350 e. The maximum absolute atomic E-state index is 11.5. The van der Waals surface area contributed by atoms with E-state index in [-0.39, 0.29) is 0 Å². The normalized spacial score (nSPS) is 35.9. The van der Waals surface area contributed by atoms with Crippen LogP contribution in [0.3, 0.4) is 0 Å². The molecule has 2 rings (SSSR count). The number of hydrogen-bond acceptors (Lipinski definition) is 8. The van der Waals surface area contributed by atoms with Crippen LogP contribution >= 0.6 is 0 Å². The van der Waals surface area contributed by atoms with Crippen LogP contribution in [0.5, 0.6) is 0 Å². The number of aliphatic hydroxyl groups is 4. The third-order valence-corrected chi connectivity index (χ3v) is 2.66. The lowest BCUT2D eigenvalue weighted by Gasteiger charge is -2.26. The standard InChI is InChI=1S/C8H11N3O7/c12-1-3-4(13)5(14)8(17,18-3)11-2-9-6(15)10-7(11)16/h2-5,12-14,17H,1H2,(H,10,15,16)/t3-,4-,5-,8-/m1/s1. The van der Waals surface area contributed by atoms with Crippen molar-refractivity contribution in [3.63, 3.8) is 0 Å². The molecule has 5 N–H and O–H groups in total. The summed E-state index contributed by atoms with van der Waals surface area (Å²) in [5.41, 5.74) is -2.02. The minimum Gasteiger partial charge on any atom is -0.394 e. The van der Waals surface area contributed by atoms with Crippen LogP contribution in [-0.4, -0.2) is 59.9 Å². The van der Waals surface area contributed by atoms with Crippen molar-refractivity contribution in [2.24, 2.45) is 0 Å². The molecule has 100 valence electrons. The Kier molecular flexibility index (Phi) is 3.04. The molecule has 1 aliphatic heterocycles. The first-order valence-corrected chi connectivity index (χ1v) is 4.96. The van der Waals surface area contributed by atoms with E-state index in [2.05, 4.69) is 4.98 Å². The fourth-order valence-electron chi connectivity index (χ4n) is 1.71. The average molecular weight is 261 g/mol. The zero-order valence-corrected chi connectivity index (χ0v) is 8.92. The Morgan fingerprint density at radius 1 is 1.50 bits per heavy atom. The molecule has 1 saturated heterocycles. The zero-order valence-electron chi connectivity index (χ0n) is 8.92. The molecule has 1 aromatic rings. The van der Waals surface area contributed by atoms with Gasteiger partial charge in [-0.05, 0) is 0 Å². The van der Waals surface area contributed by atoms with E-state index in [1.165, 1.54) is 0 Å². The van der Waals surface area contributed by atoms with Crippen LogP contribution in [0.1, 0.15) is 0 Å². The summed E-state index contributed by atoms with van der Waals surface area (Å²) < 4.78 is 5.25. The Bertz CT molecular complexity index is 554. The molecular weight excluding hydrogens is 250 g/mol. The number of nitrogens with one attached hydrogen (secondary N) is 1. The lowest BCUT2D eigenvalue weighted by Crippen LogP contribution is -2.52. The second-order valence-corrected chi connectivity index (χ2v) is 3.78. The first-order chi connectivity index (χ1) is 8.40. The van der Waals surface area contributed by atoms with E-state index in [0.29, 0.717) is 10.9 Å². The number of aromatic amines is 1. The molecule has 0 aliphatic carbocycles. The minimum atomic E-state index is -2.61.